The van der Waals surface area contributed by atoms with Gasteiger partial charge in [-0.15, -0.1) is 0 Å². The van der Waals surface area contributed by atoms with Gasteiger partial charge < -0.3 is 14.8 Å². The smallest absolute Gasteiger partial charge is 0.338 e. The molecule has 0 radical (unpaired) electrons. The molecular formula is C20H20F3NO4. The van der Waals surface area contributed by atoms with Crippen molar-refractivity contribution < 1.29 is 32.2 Å². The number of benzene rings is 2. The summed E-state index contributed by atoms with van der Waals surface area (Å²) in [7, 11) is 0. The van der Waals surface area contributed by atoms with Gasteiger partial charge in [-0.05, 0) is 49.2 Å². The van der Waals surface area contributed by atoms with Crippen LogP contribution in [-0.2, 0) is 9.53 Å². The fourth-order valence-corrected chi connectivity index (χ4v) is 2.09. The molecule has 8 heteroatoms. The number of hydrogen-bond acceptors (Lipinski definition) is 4. The Morgan fingerprint density at radius 2 is 1.61 bits per heavy atom. The third kappa shape index (κ3) is 5.48. The molecule has 0 heterocycles. The summed E-state index contributed by atoms with van der Waals surface area (Å²) in [4.78, 5) is 24.2. The average molecular weight is 395 g/mol. The predicted octanol–water partition coefficient (Wildman–Crippen LogP) is 4.32. The Kier molecular flexibility index (Phi) is 7.03. The van der Waals surface area contributed by atoms with Crippen molar-refractivity contribution in [2.45, 2.75) is 26.9 Å². The number of carbonyl (C=O) groups excluding carboxylic acids is 2. The lowest BCUT2D eigenvalue weighted by atomic mass is 10.2. The predicted molar refractivity (Wildman–Crippen MR) is 96.6 cm³/mol. The van der Waals surface area contributed by atoms with Gasteiger partial charge in [-0.1, -0.05) is 13.8 Å². The molecule has 0 saturated carbocycles. The number of nitrogens with one attached hydrogen (secondary N) is 1. The van der Waals surface area contributed by atoms with Gasteiger partial charge in [-0.2, -0.15) is 0 Å². The van der Waals surface area contributed by atoms with E-state index in [0.717, 1.165) is 6.07 Å². The van der Waals surface area contributed by atoms with Gasteiger partial charge in [0, 0.05) is 0 Å². The highest BCUT2D eigenvalue weighted by Gasteiger charge is 2.22. The zero-order valence-corrected chi connectivity index (χ0v) is 15.6. The average Bonchev–Trinajstić information content (AvgIpc) is 2.67. The minimum Gasteiger partial charge on any atom is -0.493 e. The zero-order chi connectivity index (χ0) is 20.8. The second kappa shape index (κ2) is 9.25. The third-order valence-corrected chi connectivity index (χ3v) is 3.62. The minimum absolute atomic E-state index is 0.190. The van der Waals surface area contributed by atoms with Gasteiger partial charge >= 0.3 is 5.97 Å². The van der Waals surface area contributed by atoms with Crippen molar-refractivity contribution in [2.24, 2.45) is 5.92 Å². The quantitative estimate of drug-likeness (QED) is 0.560. The number of rotatable bonds is 7. The number of anilines is 1. The van der Waals surface area contributed by atoms with Crippen LogP contribution in [0.3, 0.4) is 0 Å². The summed E-state index contributed by atoms with van der Waals surface area (Å²) in [5.74, 6) is -5.35. The van der Waals surface area contributed by atoms with E-state index in [0.29, 0.717) is 24.3 Å². The highest BCUT2D eigenvalue weighted by Crippen LogP contribution is 2.20. The lowest BCUT2D eigenvalue weighted by Gasteiger charge is -2.14. The summed E-state index contributed by atoms with van der Waals surface area (Å²) in [6.45, 7) is 5.81. The first-order valence-electron chi connectivity index (χ1n) is 8.57. The van der Waals surface area contributed by atoms with Crippen LogP contribution in [0.5, 0.6) is 5.75 Å². The monoisotopic (exact) mass is 395 g/mol. The summed E-state index contributed by atoms with van der Waals surface area (Å²) in [6.07, 6.45) is -1.29. The number of amides is 1. The molecule has 2 aromatic rings. The van der Waals surface area contributed by atoms with Crippen LogP contribution >= 0.6 is 0 Å². The van der Waals surface area contributed by atoms with Gasteiger partial charge in [0.15, 0.2) is 23.6 Å². The number of esters is 1. The van der Waals surface area contributed by atoms with E-state index >= 15 is 0 Å². The Bertz CT molecular complexity index is 853. The van der Waals surface area contributed by atoms with Crippen molar-refractivity contribution in [3.63, 3.8) is 0 Å². The summed E-state index contributed by atoms with van der Waals surface area (Å²) in [5.41, 5.74) is -0.367. The second-order valence-corrected chi connectivity index (χ2v) is 6.49. The van der Waals surface area contributed by atoms with E-state index < -0.39 is 41.1 Å². The Balaban J connectivity index is 1.96. The molecule has 0 spiro atoms. The van der Waals surface area contributed by atoms with E-state index in [2.05, 4.69) is 5.32 Å². The van der Waals surface area contributed by atoms with Crippen LogP contribution in [0.25, 0.3) is 0 Å². The largest absolute Gasteiger partial charge is 0.493 e. The lowest BCUT2D eigenvalue weighted by molar-refractivity contribution is -0.123. The molecule has 0 aliphatic rings. The Labute approximate surface area is 160 Å². The van der Waals surface area contributed by atoms with E-state index in [9.17, 15) is 22.8 Å². The molecule has 0 fully saturated rings. The summed E-state index contributed by atoms with van der Waals surface area (Å²) in [6, 6.07) is 7.71. The fraction of sp³-hybridized carbons (Fsp3) is 0.300. The third-order valence-electron chi connectivity index (χ3n) is 3.62. The number of carbonyl (C=O) groups is 2. The van der Waals surface area contributed by atoms with Gasteiger partial charge in [0.1, 0.15) is 5.75 Å². The van der Waals surface area contributed by atoms with E-state index in [-0.39, 0.29) is 5.56 Å². The standard InChI is InChI=1S/C20H20F3NO4/c1-11(2)10-27-14-6-4-13(5-7-14)20(26)28-12(3)19(25)24-16-9-8-15(21)17(22)18(16)23/h4-9,11-12H,10H2,1-3H3,(H,24,25). The lowest BCUT2D eigenvalue weighted by Crippen LogP contribution is -2.30. The first-order valence-corrected chi connectivity index (χ1v) is 8.57. The van der Waals surface area contributed by atoms with Crippen LogP contribution in [0.2, 0.25) is 0 Å². The molecule has 0 saturated heterocycles. The van der Waals surface area contributed by atoms with E-state index in [1.807, 2.05) is 13.8 Å². The Hall–Kier alpha value is -3.03. The van der Waals surface area contributed by atoms with Crippen LogP contribution in [0.1, 0.15) is 31.1 Å². The SMILES string of the molecule is CC(C)COc1ccc(C(=O)OC(C)C(=O)Nc2ccc(F)c(F)c2F)cc1. The molecule has 1 atom stereocenters. The van der Waals surface area contributed by atoms with Gasteiger partial charge in [0.25, 0.3) is 5.91 Å². The molecule has 1 amide bonds. The topological polar surface area (TPSA) is 64.6 Å². The Morgan fingerprint density at radius 1 is 0.964 bits per heavy atom. The summed E-state index contributed by atoms with van der Waals surface area (Å²) >= 11 is 0. The molecule has 2 rings (SSSR count). The molecular weight excluding hydrogens is 375 g/mol. The van der Waals surface area contributed by atoms with Gasteiger partial charge in [0.2, 0.25) is 0 Å². The van der Waals surface area contributed by atoms with E-state index in [1.54, 1.807) is 12.1 Å². The van der Waals surface area contributed by atoms with Gasteiger partial charge in [-0.25, -0.2) is 18.0 Å². The minimum atomic E-state index is -1.71. The van der Waals surface area contributed by atoms with Crippen LogP contribution in [0.15, 0.2) is 36.4 Å². The fourth-order valence-electron chi connectivity index (χ4n) is 2.09. The normalized spacial score (nSPS) is 11.8. The van der Waals surface area contributed by atoms with E-state index in [1.165, 1.54) is 19.1 Å². The van der Waals surface area contributed by atoms with Crippen LogP contribution in [-0.4, -0.2) is 24.6 Å². The molecule has 2 aromatic carbocycles. The highest BCUT2D eigenvalue weighted by atomic mass is 19.2. The van der Waals surface area contributed by atoms with Gasteiger partial charge in [-0.3, -0.25) is 4.79 Å². The molecule has 0 aliphatic carbocycles. The van der Waals surface area contributed by atoms with Crippen LogP contribution in [0, 0.1) is 23.4 Å². The molecule has 1 unspecified atom stereocenters. The number of ether oxygens (including phenoxy) is 2. The van der Waals surface area contributed by atoms with Crippen molar-refractivity contribution in [1.82, 2.24) is 0 Å². The van der Waals surface area contributed by atoms with Crippen molar-refractivity contribution >= 4 is 17.6 Å². The van der Waals surface area contributed by atoms with Crippen molar-refractivity contribution in [3.8, 4) is 5.75 Å². The molecule has 5 nitrogen and oxygen atoms in total. The first-order chi connectivity index (χ1) is 13.2. The maximum absolute atomic E-state index is 13.6. The maximum atomic E-state index is 13.6. The maximum Gasteiger partial charge on any atom is 0.338 e. The van der Waals surface area contributed by atoms with Crippen molar-refractivity contribution in [3.05, 3.63) is 59.4 Å². The molecule has 150 valence electrons. The number of halogens is 3. The number of hydrogen-bond donors (Lipinski definition) is 1. The van der Waals surface area contributed by atoms with Crippen molar-refractivity contribution in [2.75, 3.05) is 11.9 Å². The van der Waals surface area contributed by atoms with Crippen LogP contribution < -0.4 is 10.1 Å². The summed E-state index contributed by atoms with van der Waals surface area (Å²) in [5, 5.41) is 2.05. The zero-order valence-electron chi connectivity index (χ0n) is 15.6. The molecule has 0 aromatic heterocycles. The second-order valence-electron chi connectivity index (χ2n) is 6.49. The Morgan fingerprint density at radius 3 is 2.21 bits per heavy atom. The summed E-state index contributed by atoms with van der Waals surface area (Å²) < 4.78 is 50.3. The van der Waals surface area contributed by atoms with E-state index in [4.69, 9.17) is 9.47 Å². The molecule has 1 N–H and O–H groups in total. The first kappa shape index (κ1) is 21.3. The van der Waals surface area contributed by atoms with Gasteiger partial charge in [0.05, 0.1) is 17.9 Å². The molecule has 0 bridgehead atoms. The molecule has 28 heavy (non-hydrogen) atoms. The van der Waals surface area contributed by atoms with Crippen molar-refractivity contribution in [1.29, 1.82) is 0 Å². The highest BCUT2D eigenvalue weighted by molar-refractivity contribution is 5.97. The van der Waals surface area contributed by atoms with Crippen LogP contribution in [0.4, 0.5) is 18.9 Å². The molecule has 0 aliphatic heterocycles.